The van der Waals surface area contributed by atoms with Gasteiger partial charge in [-0.1, -0.05) is 23.2 Å². The van der Waals surface area contributed by atoms with E-state index in [-0.39, 0.29) is 11.3 Å². The molecule has 1 heterocycles. The number of aromatic nitrogens is 1. The van der Waals surface area contributed by atoms with Crippen molar-refractivity contribution in [3.05, 3.63) is 52.3 Å². The third kappa shape index (κ3) is 2.72. The van der Waals surface area contributed by atoms with E-state index >= 15 is 0 Å². The molecule has 0 unspecified atom stereocenters. The lowest BCUT2D eigenvalue weighted by Crippen LogP contribution is -2.00. The number of rotatable bonds is 3. The number of pyridine rings is 1. The minimum Gasteiger partial charge on any atom is -0.478 e. The molecule has 0 fully saturated rings. The van der Waals surface area contributed by atoms with E-state index < -0.39 is 5.97 Å². The Morgan fingerprint density at radius 1 is 1.22 bits per heavy atom. The van der Waals surface area contributed by atoms with Gasteiger partial charge in [-0.3, -0.25) is 4.98 Å². The van der Waals surface area contributed by atoms with Gasteiger partial charge in [0.25, 0.3) is 0 Å². The van der Waals surface area contributed by atoms with Crippen LogP contribution in [0.5, 0.6) is 11.5 Å². The van der Waals surface area contributed by atoms with Gasteiger partial charge < -0.3 is 9.84 Å². The fourth-order valence-corrected chi connectivity index (χ4v) is 1.65. The summed E-state index contributed by atoms with van der Waals surface area (Å²) in [4.78, 5) is 14.9. The molecule has 2 rings (SSSR count). The summed E-state index contributed by atoms with van der Waals surface area (Å²) >= 11 is 11.6. The predicted molar refractivity (Wildman–Crippen MR) is 67.7 cm³/mol. The van der Waals surface area contributed by atoms with Gasteiger partial charge in [0.2, 0.25) is 0 Å². The lowest BCUT2D eigenvalue weighted by Gasteiger charge is -2.09. The molecule has 0 aliphatic carbocycles. The monoisotopic (exact) mass is 283 g/mol. The first-order valence-electron chi connectivity index (χ1n) is 4.88. The van der Waals surface area contributed by atoms with E-state index in [1.807, 2.05) is 0 Å². The molecule has 92 valence electrons. The highest BCUT2D eigenvalue weighted by Crippen LogP contribution is 2.31. The molecular formula is C12H7Cl2NO3. The largest absolute Gasteiger partial charge is 0.478 e. The molecule has 0 bridgehead atoms. The van der Waals surface area contributed by atoms with Crippen LogP contribution in [0.2, 0.25) is 10.0 Å². The average Bonchev–Trinajstić information content (AvgIpc) is 2.34. The first kappa shape index (κ1) is 12.7. The van der Waals surface area contributed by atoms with Crippen LogP contribution in [0.1, 0.15) is 10.4 Å². The van der Waals surface area contributed by atoms with Gasteiger partial charge in [-0.05, 0) is 18.2 Å². The second-order valence-electron chi connectivity index (χ2n) is 3.35. The lowest BCUT2D eigenvalue weighted by molar-refractivity contribution is 0.0694. The Morgan fingerprint density at radius 2 is 2.00 bits per heavy atom. The van der Waals surface area contributed by atoms with Crippen molar-refractivity contribution in [3.63, 3.8) is 0 Å². The Morgan fingerprint density at radius 3 is 2.67 bits per heavy atom. The topological polar surface area (TPSA) is 59.4 Å². The first-order valence-corrected chi connectivity index (χ1v) is 5.63. The van der Waals surface area contributed by atoms with Gasteiger partial charge in [0.15, 0.2) is 0 Å². The Balaban J connectivity index is 2.41. The van der Waals surface area contributed by atoms with Crippen LogP contribution in [0, 0.1) is 0 Å². The number of carboxylic acids is 1. The molecule has 1 aromatic carbocycles. The van der Waals surface area contributed by atoms with E-state index in [9.17, 15) is 4.79 Å². The summed E-state index contributed by atoms with van der Waals surface area (Å²) in [6.07, 6.45) is 2.91. The number of nitrogens with zero attached hydrogens (tertiary/aromatic N) is 1. The molecule has 6 heteroatoms. The maximum atomic E-state index is 11.1. The molecule has 2 aromatic rings. The molecule has 4 nitrogen and oxygen atoms in total. The summed E-state index contributed by atoms with van der Waals surface area (Å²) in [5, 5.41) is 9.67. The quantitative estimate of drug-likeness (QED) is 0.929. The summed E-state index contributed by atoms with van der Waals surface area (Å²) in [5.74, 6) is -0.630. The van der Waals surface area contributed by atoms with Crippen LogP contribution in [-0.2, 0) is 0 Å². The van der Waals surface area contributed by atoms with Crippen LogP contribution in [0.4, 0.5) is 0 Å². The highest BCUT2D eigenvalue weighted by molar-refractivity contribution is 6.32. The van der Waals surface area contributed by atoms with Crippen molar-refractivity contribution in [2.45, 2.75) is 0 Å². The maximum Gasteiger partial charge on any atom is 0.339 e. The van der Waals surface area contributed by atoms with E-state index in [1.54, 1.807) is 12.1 Å². The summed E-state index contributed by atoms with van der Waals surface area (Å²) in [5.41, 5.74) is -0.0321. The van der Waals surface area contributed by atoms with Crippen molar-refractivity contribution in [3.8, 4) is 11.5 Å². The van der Waals surface area contributed by atoms with Gasteiger partial charge in [-0.2, -0.15) is 0 Å². The van der Waals surface area contributed by atoms with Crippen molar-refractivity contribution in [1.82, 2.24) is 4.98 Å². The van der Waals surface area contributed by atoms with E-state index in [0.717, 1.165) is 0 Å². The number of carbonyl (C=O) groups is 1. The van der Waals surface area contributed by atoms with Crippen molar-refractivity contribution >= 4 is 29.2 Å². The number of carboxylic acid groups (broad SMARTS) is 1. The molecule has 0 saturated carbocycles. The average molecular weight is 284 g/mol. The molecule has 0 amide bonds. The molecule has 18 heavy (non-hydrogen) atoms. The highest BCUT2D eigenvalue weighted by atomic mass is 35.5. The summed E-state index contributed by atoms with van der Waals surface area (Å²) in [6, 6.07) is 5.87. The molecule has 0 saturated heterocycles. The standard InChI is InChI=1S/C12H7Cl2NO3/c13-7-1-2-10(8(5-7)12(16)17)18-11-3-4-15-6-9(11)14/h1-6H,(H,16,17). The van der Waals surface area contributed by atoms with Gasteiger partial charge in [0.05, 0.1) is 0 Å². The van der Waals surface area contributed by atoms with Crippen molar-refractivity contribution < 1.29 is 14.6 Å². The van der Waals surface area contributed by atoms with Crippen LogP contribution >= 0.6 is 23.2 Å². The van der Waals surface area contributed by atoms with Crippen LogP contribution in [0.3, 0.4) is 0 Å². The minimum atomic E-state index is -1.13. The molecule has 0 spiro atoms. The number of benzene rings is 1. The van der Waals surface area contributed by atoms with E-state index in [0.29, 0.717) is 15.8 Å². The Kier molecular flexibility index (Phi) is 3.69. The van der Waals surface area contributed by atoms with Crippen molar-refractivity contribution in [2.75, 3.05) is 0 Å². The number of hydrogen-bond acceptors (Lipinski definition) is 3. The lowest BCUT2D eigenvalue weighted by atomic mass is 10.2. The summed E-state index contributed by atoms with van der Waals surface area (Å²) in [6.45, 7) is 0. The van der Waals surface area contributed by atoms with Crippen LogP contribution in [-0.4, -0.2) is 16.1 Å². The van der Waals surface area contributed by atoms with Crippen molar-refractivity contribution in [1.29, 1.82) is 0 Å². The van der Waals surface area contributed by atoms with E-state index in [1.165, 1.54) is 24.5 Å². The van der Waals surface area contributed by atoms with Crippen LogP contribution < -0.4 is 4.74 Å². The fraction of sp³-hybridized carbons (Fsp3) is 0. The predicted octanol–water partition coefficient (Wildman–Crippen LogP) is 3.88. The summed E-state index contributed by atoms with van der Waals surface area (Å²) < 4.78 is 5.45. The van der Waals surface area contributed by atoms with Gasteiger partial charge in [-0.15, -0.1) is 0 Å². The van der Waals surface area contributed by atoms with Crippen LogP contribution in [0.15, 0.2) is 36.7 Å². The molecule has 0 radical (unpaired) electrons. The minimum absolute atomic E-state index is 0.0321. The first-order chi connectivity index (χ1) is 8.58. The molecule has 0 atom stereocenters. The Bertz CT molecular complexity index is 602. The zero-order valence-corrected chi connectivity index (χ0v) is 10.4. The molecular weight excluding hydrogens is 277 g/mol. The second kappa shape index (κ2) is 5.25. The molecule has 0 aliphatic rings. The molecule has 1 N–H and O–H groups in total. The number of aromatic carboxylic acids is 1. The van der Waals surface area contributed by atoms with Gasteiger partial charge in [-0.25, -0.2) is 4.79 Å². The SMILES string of the molecule is O=C(O)c1cc(Cl)ccc1Oc1ccncc1Cl. The smallest absolute Gasteiger partial charge is 0.339 e. The van der Waals surface area contributed by atoms with Gasteiger partial charge in [0.1, 0.15) is 22.1 Å². The van der Waals surface area contributed by atoms with Gasteiger partial charge >= 0.3 is 5.97 Å². The second-order valence-corrected chi connectivity index (χ2v) is 4.20. The fourth-order valence-electron chi connectivity index (χ4n) is 1.32. The van der Waals surface area contributed by atoms with E-state index in [4.69, 9.17) is 33.0 Å². The normalized spacial score (nSPS) is 10.1. The molecule has 0 aliphatic heterocycles. The van der Waals surface area contributed by atoms with Crippen LogP contribution in [0.25, 0.3) is 0 Å². The third-order valence-corrected chi connectivity index (χ3v) is 2.65. The number of ether oxygens (including phenoxy) is 1. The van der Waals surface area contributed by atoms with E-state index in [2.05, 4.69) is 4.98 Å². The zero-order valence-electron chi connectivity index (χ0n) is 8.93. The maximum absolute atomic E-state index is 11.1. The number of hydrogen-bond donors (Lipinski definition) is 1. The Hall–Kier alpha value is -1.78. The van der Waals surface area contributed by atoms with Crippen molar-refractivity contribution in [2.24, 2.45) is 0 Å². The number of halogens is 2. The highest BCUT2D eigenvalue weighted by Gasteiger charge is 2.13. The molecule has 1 aromatic heterocycles. The Labute approximate surface area is 113 Å². The van der Waals surface area contributed by atoms with Gasteiger partial charge in [0, 0.05) is 23.5 Å². The summed E-state index contributed by atoms with van der Waals surface area (Å²) in [7, 11) is 0. The third-order valence-electron chi connectivity index (χ3n) is 2.13. The zero-order chi connectivity index (χ0) is 13.1.